The van der Waals surface area contributed by atoms with Crippen LogP contribution in [0.4, 0.5) is 9.93 Å². The Balaban J connectivity index is 2.50. The highest BCUT2D eigenvalue weighted by Crippen LogP contribution is 2.09. The third-order valence-corrected chi connectivity index (χ3v) is 2.49. The number of nitrogens with zero attached hydrogens (tertiary/aromatic N) is 2. The van der Waals surface area contributed by atoms with Gasteiger partial charge in [0.2, 0.25) is 5.13 Å². The molecule has 0 saturated heterocycles. The molecule has 1 heterocycles. The summed E-state index contributed by atoms with van der Waals surface area (Å²) in [6, 6.07) is -1.82. The molecule has 0 aliphatic heterocycles. The van der Waals surface area contributed by atoms with Crippen LogP contribution in [-0.2, 0) is 4.79 Å². The summed E-state index contributed by atoms with van der Waals surface area (Å²) in [5.41, 5.74) is 0. The van der Waals surface area contributed by atoms with Gasteiger partial charge >= 0.3 is 12.0 Å². The van der Waals surface area contributed by atoms with Crippen LogP contribution < -0.4 is 10.6 Å². The zero-order valence-corrected chi connectivity index (χ0v) is 9.82. The highest BCUT2D eigenvalue weighted by atomic mass is 32.1. The Bertz CT molecular complexity index is 408. The minimum Gasteiger partial charge on any atom is -0.480 e. The number of amides is 2. The topological polar surface area (TPSA) is 124 Å². The van der Waals surface area contributed by atoms with Crippen LogP contribution in [0.3, 0.4) is 0 Å². The van der Waals surface area contributed by atoms with Crippen LogP contribution in [0, 0.1) is 6.92 Å². The molecule has 2 amide bonds. The first-order valence-corrected chi connectivity index (χ1v) is 5.51. The third-order valence-electron chi connectivity index (χ3n) is 1.77. The summed E-state index contributed by atoms with van der Waals surface area (Å²) < 4.78 is 3.85. The number of aliphatic hydroxyl groups excluding tert-OH is 1. The highest BCUT2D eigenvalue weighted by Gasteiger charge is 2.19. The van der Waals surface area contributed by atoms with Crippen LogP contribution in [0.5, 0.6) is 0 Å². The Morgan fingerprint density at radius 1 is 1.53 bits per heavy atom. The molecular formula is C8H12N4O4S. The minimum absolute atomic E-state index is 0.0576. The molecule has 4 N–H and O–H groups in total. The summed E-state index contributed by atoms with van der Waals surface area (Å²) in [6.07, 6.45) is -0.0576. The normalized spacial score (nSPS) is 11.9. The van der Waals surface area contributed by atoms with E-state index in [1.165, 1.54) is 0 Å². The van der Waals surface area contributed by atoms with Gasteiger partial charge in [0.05, 0.1) is 0 Å². The van der Waals surface area contributed by atoms with Crippen LogP contribution in [0.1, 0.15) is 12.2 Å². The predicted molar refractivity (Wildman–Crippen MR) is 59.9 cm³/mol. The Morgan fingerprint density at radius 2 is 2.24 bits per heavy atom. The first kappa shape index (κ1) is 13.3. The molecule has 0 aliphatic rings. The molecule has 1 atom stereocenters. The van der Waals surface area contributed by atoms with Gasteiger partial charge in [0, 0.05) is 24.6 Å². The maximum absolute atomic E-state index is 11.4. The number of carbonyl (C=O) groups excluding carboxylic acids is 1. The van der Waals surface area contributed by atoms with E-state index in [2.05, 4.69) is 20.0 Å². The summed E-state index contributed by atoms with van der Waals surface area (Å²) in [6.45, 7) is 1.35. The zero-order chi connectivity index (χ0) is 12.8. The number of aromatic nitrogens is 2. The molecule has 8 nitrogen and oxygen atoms in total. The Morgan fingerprint density at radius 3 is 2.71 bits per heavy atom. The molecule has 94 valence electrons. The fraction of sp³-hybridized carbons (Fsp3) is 0.500. The number of hydrogen-bond acceptors (Lipinski definition) is 6. The first-order valence-electron chi connectivity index (χ1n) is 4.74. The number of carboxylic acid groups (broad SMARTS) is 1. The second-order valence-electron chi connectivity index (χ2n) is 3.15. The van der Waals surface area contributed by atoms with E-state index in [9.17, 15) is 9.59 Å². The van der Waals surface area contributed by atoms with Crippen molar-refractivity contribution in [2.24, 2.45) is 0 Å². The molecule has 1 rings (SSSR count). The smallest absolute Gasteiger partial charge is 0.326 e. The van der Waals surface area contributed by atoms with Gasteiger partial charge in [-0.15, -0.1) is 0 Å². The van der Waals surface area contributed by atoms with E-state index in [0.717, 1.165) is 11.5 Å². The lowest BCUT2D eigenvalue weighted by molar-refractivity contribution is -0.139. The van der Waals surface area contributed by atoms with Crippen molar-refractivity contribution in [1.29, 1.82) is 0 Å². The average Bonchev–Trinajstić information content (AvgIpc) is 2.63. The summed E-state index contributed by atoms with van der Waals surface area (Å²) in [5, 5.41) is 22.2. The van der Waals surface area contributed by atoms with Gasteiger partial charge in [0.25, 0.3) is 0 Å². The number of anilines is 1. The lowest BCUT2D eigenvalue weighted by Gasteiger charge is -2.12. The van der Waals surface area contributed by atoms with Gasteiger partial charge in [-0.25, -0.2) is 14.6 Å². The molecule has 0 bridgehead atoms. The van der Waals surface area contributed by atoms with Crippen molar-refractivity contribution in [2.45, 2.75) is 19.4 Å². The first-order chi connectivity index (χ1) is 8.02. The van der Waals surface area contributed by atoms with Gasteiger partial charge in [0.1, 0.15) is 11.9 Å². The number of aliphatic hydroxyl groups is 1. The number of hydrogen-bond donors (Lipinski definition) is 4. The molecule has 1 aromatic rings. The molecule has 0 unspecified atom stereocenters. The standard InChI is InChI=1S/C8H12N4O4S/c1-4-9-8(17-12-4)11-7(16)10-5(2-3-13)6(14)15/h5,13H,2-3H2,1H3,(H,14,15)(H2,9,10,11,12,16)/t5-/m0/s1. The fourth-order valence-electron chi connectivity index (χ4n) is 1.03. The molecule has 0 aliphatic carbocycles. The molecule has 0 aromatic carbocycles. The number of carboxylic acids is 1. The predicted octanol–water partition coefficient (Wildman–Crippen LogP) is -0.196. The van der Waals surface area contributed by atoms with Crippen molar-refractivity contribution in [3.63, 3.8) is 0 Å². The quantitative estimate of drug-likeness (QED) is 0.581. The second-order valence-corrected chi connectivity index (χ2v) is 3.90. The molecular weight excluding hydrogens is 248 g/mol. The minimum atomic E-state index is -1.21. The maximum Gasteiger partial charge on any atom is 0.326 e. The number of rotatable bonds is 5. The van der Waals surface area contributed by atoms with Gasteiger partial charge in [-0.3, -0.25) is 5.32 Å². The van der Waals surface area contributed by atoms with Gasteiger partial charge < -0.3 is 15.5 Å². The second kappa shape index (κ2) is 6.11. The SMILES string of the molecule is Cc1nsc(NC(=O)N[C@@H](CCO)C(=O)O)n1. The summed E-state index contributed by atoms with van der Waals surface area (Å²) >= 11 is 0.997. The largest absolute Gasteiger partial charge is 0.480 e. The molecule has 0 fully saturated rings. The van der Waals surface area contributed by atoms with E-state index in [-0.39, 0.29) is 18.2 Å². The van der Waals surface area contributed by atoms with E-state index < -0.39 is 18.0 Å². The molecule has 17 heavy (non-hydrogen) atoms. The average molecular weight is 260 g/mol. The van der Waals surface area contributed by atoms with Crippen LogP contribution in [0.2, 0.25) is 0 Å². The van der Waals surface area contributed by atoms with Gasteiger partial charge in [-0.1, -0.05) is 0 Å². The fourth-order valence-corrected chi connectivity index (χ4v) is 1.60. The van der Waals surface area contributed by atoms with Crippen LogP contribution >= 0.6 is 11.5 Å². The van der Waals surface area contributed by atoms with Crippen LogP contribution in [0.25, 0.3) is 0 Å². The third kappa shape index (κ3) is 4.33. The van der Waals surface area contributed by atoms with E-state index in [1.54, 1.807) is 6.92 Å². The van der Waals surface area contributed by atoms with Gasteiger partial charge in [0.15, 0.2) is 0 Å². The lowest BCUT2D eigenvalue weighted by Crippen LogP contribution is -2.43. The summed E-state index contributed by atoms with van der Waals surface area (Å²) in [5.74, 6) is -0.682. The Labute approximate surface area is 101 Å². The molecule has 0 spiro atoms. The van der Waals surface area contributed by atoms with Crippen molar-refractivity contribution in [3.8, 4) is 0 Å². The van der Waals surface area contributed by atoms with Gasteiger partial charge in [-0.05, 0) is 6.92 Å². The van der Waals surface area contributed by atoms with Crippen LogP contribution in [0.15, 0.2) is 0 Å². The molecule has 9 heteroatoms. The number of aliphatic carboxylic acids is 1. The monoisotopic (exact) mass is 260 g/mol. The van der Waals surface area contributed by atoms with E-state index >= 15 is 0 Å². The van der Waals surface area contributed by atoms with Crippen LogP contribution in [-0.4, -0.2) is 44.2 Å². The number of aryl methyl sites for hydroxylation is 1. The maximum atomic E-state index is 11.4. The Kier molecular flexibility index (Phi) is 4.79. The van der Waals surface area contributed by atoms with Gasteiger partial charge in [-0.2, -0.15) is 4.37 Å². The summed E-state index contributed by atoms with van der Waals surface area (Å²) in [4.78, 5) is 26.0. The number of urea groups is 1. The zero-order valence-electron chi connectivity index (χ0n) is 9.01. The van der Waals surface area contributed by atoms with E-state index in [1.807, 2.05) is 0 Å². The summed E-state index contributed by atoms with van der Waals surface area (Å²) in [7, 11) is 0. The number of carbonyl (C=O) groups is 2. The molecule has 0 radical (unpaired) electrons. The number of nitrogens with one attached hydrogen (secondary N) is 2. The highest BCUT2D eigenvalue weighted by molar-refractivity contribution is 7.09. The molecule has 1 aromatic heterocycles. The van der Waals surface area contributed by atoms with Crippen molar-refractivity contribution in [1.82, 2.24) is 14.7 Å². The van der Waals surface area contributed by atoms with Crippen molar-refractivity contribution < 1.29 is 19.8 Å². The van der Waals surface area contributed by atoms with Crippen molar-refractivity contribution >= 4 is 28.7 Å². The van der Waals surface area contributed by atoms with Crippen molar-refractivity contribution in [3.05, 3.63) is 5.82 Å². The molecule has 0 saturated carbocycles. The lowest BCUT2D eigenvalue weighted by atomic mass is 10.2. The Hall–Kier alpha value is -1.74. The van der Waals surface area contributed by atoms with E-state index in [4.69, 9.17) is 10.2 Å². The van der Waals surface area contributed by atoms with Crippen molar-refractivity contribution in [2.75, 3.05) is 11.9 Å². The van der Waals surface area contributed by atoms with E-state index in [0.29, 0.717) is 5.82 Å².